The van der Waals surface area contributed by atoms with E-state index in [1.807, 2.05) is 0 Å². The number of alkyl halides is 3. The van der Waals surface area contributed by atoms with Gasteiger partial charge in [0.25, 0.3) is 0 Å². The molecule has 0 aromatic heterocycles. The maximum atomic E-state index is 13.2. The predicted molar refractivity (Wildman–Crippen MR) is 65.9 cm³/mol. The summed E-state index contributed by atoms with van der Waals surface area (Å²) < 4.78 is 50.8. The molecular weight excluding hydrogens is 276 g/mol. The highest BCUT2D eigenvalue weighted by atomic mass is 19.4. The first kappa shape index (κ1) is 14.4. The summed E-state index contributed by atoms with van der Waals surface area (Å²) in [6.07, 6.45) is -2.62. The number of hydrazone groups is 1. The monoisotopic (exact) mass is 288 g/mol. The molecule has 1 aromatic carbocycles. The molecular formula is C13H12F4N2O. The van der Waals surface area contributed by atoms with Crippen molar-refractivity contribution in [3.63, 3.8) is 0 Å². The van der Waals surface area contributed by atoms with Gasteiger partial charge in [-0.3, -0.25) is 0 Å². The highest BCUT2D eigenvalue weighted by Gasteiger charge is 2.31. The molecule has 0 unspecified atom stereocenters. The first-order valence-electron chi connectivity index (χ1n) is 5.90. The second-order valence-corrected chi connectivity index (χ2v) is 4.42. The van der Waals surface area contributed by atoms with Crippen LogP contribution in [0.2, 0.25) is 0 Å². The minimum atomic E-state index is -4.57. The molecule has 108 valence electrons. The van der Waals surface area contributed by atoms with Gasteiger partial charge in [0, 0.05) is 6.08 Å². The van der Waals surface area contributed by atoms with Gasteiger partial charge in [-0.05, 0) is 36.6 Å². The van der Waals surface area contributed by atoms with Gasteiger partial charge in [-0.25, -0.2) is 4.39 Å². The van der Waals surface area contributed by atoms with E-state index in [2.05, 4.69) is 10.5 Å². The van der Waals surface area contributed by atoms with Crippen LogP contribution in [-0.2, 0) is 12.6 Å². The van der Waals surface area contributed by atoms with Gasteiger partial charge < -0.3 is 10.5 Å². The van der Waals surface area contributed by atoms with Crippen molar-refractivity contribution in [2.45, 2.75) is 19.0 Å². The molecule has 2 N–H and O–H groups in total. The first-order valence-corrected chi connectivity index (χ1v) is 5.90. The van der Waals surface area contributed by atoms with E-state index in [0.717, 1.165) is 12.1 Å². The Hall–Kier alpha value is -2.05. The molecule has 1 aliphatic rings. The molecule has 0 saturated carbocycles. The number of aliphatic hydroxyl groups is 1. The van der Waals surface area contributed by atoms with E-state index in [1.165, 1.54) is 6.08 Å². The molecule has 1 heterocycles. The van der Waals surface area contributed by atoms with Gasteiger partial charge in [-0.2, -0.15) is 18.3 Å². The fraction of sp³-hybridized carbons (Fsp3) is 0.308. The van der Waals surface area contributed by atoms with E-state index in [0.29, 0.717) is 18.2 Å². The Kier molecular flexibility index (Phi) is 3.96. The lowest BCUT2D eigenvalue weighted by atomic mass is 10.0. The maximum absolute atomic E-state index is 13.2. The molecule has 1 aliphatic heterocycles. The molecule has 1 aromatic rings. The molecule has 0 fully saturated rings. The third-order valence-electron chi connectivity index (χ3n) is 2.77. The van der Waals surface area contributed by atoms with Crippen LogP contribution in [0, 0.1) is 5.82 Å². The zero-order valence-electron chi connectivity index (χ0n) is 10.3. The van der Waals surface area contributed by atoms with Crippen LogP contribution < -0.4 is 5.43 Å². The van der Waals surface area contributed by atoms with Crippen molar-refractivity contribution in [3.05, 3.63) is 47.0 Å². The zero-order chi connectivity index (χ0) is 14.8. The number of halogens is 4. The van der Waals surface area contributed by atoms with Crippen molar-refractivity contribution in [2.24, 2.45) is 5.10 Å². The summed E-state index contributed by atoms with van der Waals surface area (Å²) >= 11 is 0. The average Bonchev–Trinajstić information content (AvgIpc) is 2.35. The molecule has 0 amide bonds. The fourth-order valence-corrected chi connectivity index (χ4v) is 1.86. The average molecular weight is 288 g/mol. The maximum Gasteiger partial charge on any atom is 0.416 e. The van der Waals surface area contributed by atoms with Crippen molar-refractivity contribution in [3.8, 4) is 0 Å². The number of nitrogens with one attached hydrogen (secondary N) is 1. The van der Waals surface area contributed by atoms with Gasteiger partial charge in [0.05, 0.1) is 17.8 Å². The van der Waals surface area contributed by atoms with E-state index in [1.54, 1.807) is 0 Å². The lowest BCUT2D eigenvalue weighted by molar-refractivity contribution is -0.137. The normalized spacial score (nSPS) is 15.4. The summed E-state index contributed by atoms with van der Waals surface area (Å²) in [6.45, 7) is 0.224. The van der Waals surface area contributed by atoms with Crippen LogP contribution in [0.5, 0.6) is 0 Å². The number of benzene rings is 1. The third kappa shape index (κ3) is 3.72. The first-order chi connectivity index (χ1) is 9.34. The van der Waals surface area contributed by atoms with E-state index in [4.69, 9.17) is 0 Å². The quantitative estimate of drug-likeness (QED) is 0.839. The molecule has 3 nitrogen and oxygen atoms in total. The van der Waals surface area contributed by atoms with Crippen LogP contribution >= 0.6 is 0 Å². The molecule has 2 rings (SSSR count). The van der Waals surface area contributed by atoms with Crippen LogP contribution in [0.1, 0.15) is 17.5 Å². The number of hydrogen-bond acceptors (Lipinski definition) is 3. The topological polar surface area (TPSA) is 44.6 Å². The van der Waals surface area contributed by atoms with Crippen LogP contribution in [0.25, 0.3) is 0 Å². The zero-order valence-corrected chi connectivity index (χ0v) is 10.3. The van der Waals surface area contributed by atoms with E-state index < -0.39 is 17.6 Å². The Morgan fingerprint density at radius 2 is 1.95 bits per heavy atom. The Balaban J connectivity index is 2.10. The van der Waals surface area contributed by atoms with Crippen LogP contribution in [0.4, 0.5) is 17.6 Å². The molecule has 0 atom stereocenters. The number of hydrogen-bond donors (Lipinski definition) is 2. The molecule has 0 aliphatic carbocycles. The number of aryl methyl sites for hydroxylation is 1. The van der Waals surface area contributed by atoms with Gasteiger partial charge in [-0.15, -0.1) is 0 Å². The highest BCUT2D eigenvalue weighted by Crippen LogP contribution is 2.30. The lowest BCUT2D eigenvalue weighted by Crippen LogP contribution is -2.19. The third-order valence-corrected chi connectivity index (χ3v) is 2.77. The van der Waals surface area contributed by atoms with Crippen molar-refractivity contribution >= 4 is 5.71 Å². The van der Waals surface area contributed by atoms with Gasteiger partial charge in [0.2, 0.25) is 0 Å². The van der Waals surface area contributed by atoms with Crippen molar-refractivity contribution < 1.29 is 22.7 Å². The Morgan fingerprint density at radius 3 is 2.60 bits per heavy atom. The largest absolute Gasteiger partial charge is 0.510 e. The summed E-state index contributed by atoms with van der Waals surface area (Å²) in [6, 6.07) is 2.45. The summed E-state index contributed by atoms with van der Waals surface area (Å²) in [7, 11) is 0. The molecule has 0 radical (unpaired) electrons. The van der Waals surface area contributed by atoms with Crippen molar-refractivity contribution in [2.75, 3.05) is 6.54 Å². The summed E-state index contributed by atoms with van der Waals surface area (Å²) in [5.74, 6) is -0.817. The van der Waals surface area contributed by atoms with Crippen LogP contribution in [0.15, 0.2) is 35.1 Å². The van der Waals surface area contributed by atoms with Crippen molar-refractivity contribution in [1.82, 2.24) is 5.43 Å². The van der Waals surface area contributed by atoms with E-state index in [-0.39, 0.29) is 24.3 Å². The molecule has 0 spiro atoms. The Labute approximate surface area is 112 Å². The molecule has 7 heteroatoms. The summed E-state index contributed by atoms with van der Waals surface area (Å²) in [5, 5.41) is 13.2. The molecule has 0 bridgehead atoms. The smallest absolute Gasteiger partial charge is 0.416 e. The highest BCUT2D eigenvalue weighted by molar-refractivity contribution is 5.95. The predicted octanol–water partition coefficient (Wildman–Crippen LogP) is 3.18. The molecule has 0 saturated heterocycles. The fourth-order valence-electron chi connectivity index (χ4n) is 1.86. The summed E-state index contributed by atoms with van der Waals surface area (Å²) in [5.41, 5.74) is 2.32. The van der Waals surface area contributed by atoms with E-state index >= 15 is 0 Å². The Morgan fingerprint density at radius 1 is 1.20 bits per heavy atom. The van der Waals surface area contributed by atoms with Crippen LogP contribution in [-0.4, -0.2) is 17.4 Å². The SMILES string of the molecule is OC1=CC(CCc2cc(F)cc(C(F)(F)F)c2)=NNC1. The second-order valence-electron chi connectivity index (χ2n) is 4.42. The number of allylic oxidation sites excluding steroid dienone is 1. The minimum absolute atomic E-state index is 0.102. The number of aliphatic hydroxyl groups excluding tert-OH is 1. The van der Waals surface area contributed by atoms with Gasteiger partial charge in [0.15, 0.2) is 0 Å². The molecule has 20 heavy (non-hydrogen) atoms. The van der Waals surface area contributed by atoms with Crippen molar-refractivity contribution in [1.29, 1.82) is 0 Å². The second kappa shape index (κ2) is 5.52. The summed E-state index contributed by atoms with van der Waals surface area (Å²) in [4.78, 5) is 0. The van der Waals surface area contributed by atoms with Gasteiger partial charge >= 0.3 is 6.18 Å². The standard InChI is InChI=1S/C13H12F4N2O/c14-10-4-8(3-9(5-10)13(15,16)17)1-2-11-6-12(20)7-18-19-11/h3-6,18,20H,1-2,7H2. The van der Waals surface area contributed by atoms with Gasteiger partial charge in [-0.1, -0.05) is 0 Å². The lowest BCUT2D eigenvalue weighted by Gasteiger charge is -2.12. The van der Waals surface area contributed by atoms with E-state index in [9.17, 15) is 22.7 Å². The number of rotatable bonds is 3. The van der Waals surface area contributed by atoms with Crippen LogP contribution in [0.3, 0.4) is 0 Å². The minimum Gasteiger partial charge on any atom is -0.510 e. The van der Waals surface area contributed by atoms with Gasteiger partial charge in [0.1, 0.15) is 11.6 Å². The Bertz CT molecular complexity index is 564. The number of nitrogens with zero attached hydrogens (tertiary/aromatic N) is 1.